The summed E-state index contributed by atoms with van der Waals surface area (Å²) in [5, 5.41) is 17.9. The molecule has 0 radical (unpaired) electrons. The molecule has 4 rings (SSSR count). The highest BCUT2D eigenvalue weighted by Crippen LogP contribution is 2.41. The van der Waals surface area contributed by atoms with Gasteiger partial charge < -0.3 is 10.0 Å². The topological polar surface area (TPSA) is 77.9 Å². The van der Waals surface area contributed by atoms with Crippen LogP contribution >= 0.6 is 11.6 Å². The van der Waals surface area contributed by atoms with Crippen molar-refractivity contribution in [2.24, 2.45) is 0 Å². The van der Waals surface area contributed by atoms with Gasteiger partial charge in [-0.15, -0.1) is 0 Å². The minimum absolute atomic E-state index is 0. The number of rotatable bonds is 6. The van der Waals surface area contributed by atoms with E-state index in [1.165, 1.54) is 0 Å². The second-order valence-electron chi connectivity index (χ2n) is 7.67. The zero-order valence-electron chi connectivity index (χ0n) is 16.6. The number of nitrogens with zero attached hydrogens (tertiary/aromatic N) is 4. The third-order valence-electron chi connectivity index (χ3n) is 5.93. The molecule has 0 bridgehead atoms. The third kappa shape index (κ3) is 4.72. The van der Waals surface area contributed by atoms with Crippen molar-refractivity contribution in [2.45, 2.75) is 45.1 Å². The molecule has 0 unspecified atom stereocenters. The van der Waals surface area contributed by atoms with E-state index in [9.17, 15) is 5.11 Å². The van der Waals surface area contributed by atoms with Gasteiger partial charge in [0.1, 0.15) is 12.0 Å². The fourth-order valence-corrected chi connectivity index (χ4v) is 4.44. The van der Waals surface area contributed by atoms with Crippen LogP contribution in [0.15, 0.2) is 42.9 Å². The van der Waals surface area contributed by atoms with E-state index in [2.05, 4.69) is 32.1 Å². The molecule has 0 aliphatic heterocycles. The molecule has 30 heavy (non-hydrogen) atoms. The molecule has 0 atom stereocenters. The van der Waals surface area contributed by atoms with E-state index >= 15 is 0 Å². The minimum atomic E-state index is 0. The van der Waals surface area contributed by atoms with E-state index in [1.54, 1.807) is 12.5 Å². The van der Waals surface area contributed by atoms with Gasteiger partial charge in [-0.05, 0) is 50.9 Å². The Bertz CT molecular complexity index is 921. The Kier molecular flexibility index (Phi) is 7.58. The molecule has 2 N–H and O–H groups in total. The smallest absolute Gasteiger partial charge is 0.116 e. The van der Waals surface area contributed by atoms with E-state index in [-0.39, 0.29) is 14.0 Å². The lowest BCUT2D eigenvalue weighted by atomic mass is 9.81. The molecular formula is C23H30ClN5O. The summed E-state index contributed by atoms with van der Waals surface area (Å²) >= 11 is 6.08. The number of likely N-dealkylation sites (N-methyl/N-ethyl adjacent to an activating group) is 1. The predicted molar refractivity (Wildman–Crippen MR) is 122 cm³/mol. The van der Waals surface area contributed by atoms with Crippen LogP contribution < -0.4 is 0 Å². The van der Waals surface area contributed by atoms with Gasteiger partial charge in [0, 0.05) is 46.5 Å². The molecule has 3 aromatic rings. The lowest BCUT2D eigenvalue weighted by Crippen LogP contribution is -2.36. The molecule has 160 valence electrons. The van der Waals surface area contributed by atoms with Crippen molar-refractivity contribution in [3.05, 3.63) is 53.6 Å². The van der Waals surface area contributed by atoms with Crippen molar-refractivity contribution in [3.63, 3.8) is 0 Å². The first kappa shape index (κ1) is 22.4. The van der Waals surface area contributed by atoms with Crippen LogP contribution in [0, 0.1) is 0 Å². The molecule has 2 heterocycles. The van der Waals surface area contributed by atoms with Crippen molar-refractivity contribution in [1.29, 1.82) is 0 Å². The van der Waals surface area contributed by atoms with Gasteiger partial charge in [0.15, 0.2) is 0 Å². The van der Waals surface area contributed by atoms with Crippen LogP contribution in [-0.4, -0.2) is 56.4 Å². The molecule has 1 aromatic carbocycles. The Labute approximate surface area is 183 Å². The quantitative estimate of drug-likeness (QED) is 0.592. The fraction of sp³-hybridized carbons (Fsp3) is 0.435. The van der Waals surface area contributed by atoms with Crippen molar-refractivity contribution in [3.8, 4) is 22.5 Å². The molecule has 1 aliphatic carbocycles. The highest BCUT2D eigenvalue weighted by atomic mass is 35.5. The van der Waals surface area contributed by atoms with Crippen LogP contribution in [0.25, 0.3) is 22.5 Å². The Hall–Kier alpha value is -2.28. The highest BCUT2D eigenvalue weighted by molar-refractivity contribution is 6.30. The monoisotopic (exact) mass is 427 g/mol. The second-order valence-corrected chi connectivity index (χ2v) is 8.11. The maximum atomic E-state index is 9.21. The summed E-state index contributed by atoms with van der Waals surface area (Å²) in [7, 11) is 2.10. The number of nitrogens with one attached hydrogen (secondary N) is 1. The Morgan fingerprint density at radius 2 is 1.87 bits per heavy atom. The van der Waals surface area contributed by atoms with Crippen LogP contribution in [0.1, 0.15) is 44.7 Å². The van der Waals surface area contributed by atoms with Crippen molar-refractivity contribution in [1.82, 2.24) is 25.1 Å². The van der Waals surface area contributed by atoms with E-state index < -0.39 is 0 Å². The van der Waals surface area contributed by atoms with Gasteiger partial charge in [0.2, 0.25) is 0 Å². The largest absolute Gasteiger partial charge is 0.395 e. The predicted octanol–water partition coefficient (Wildman–Crippen LogP) is 4.77. The zero-order valence-corrected chi connectivity index (χ0v) is 17.3. The van der Waals surface area contributed by atoms with Crippen molar-refractivity contribution in [2.75, 3.05) is 20.2 Å². The summed E-state index contributed by atoms with van der Waals surface area (Å²) in [5.41, 5.74) is 5.00. The molecule has 0 amide bonds. The average molecular weight is 428 g/mol. The number of aromatic nitrogens is 4. The van der Waals surface area contributed by atoms with Gasteiger partial charge in [0.05, 0.1) is 12.3 Å². The number of benzene rings is 1. The van der Waals surface area contributed by atoms with Crippen molar-refractivity contribution < 1.29 is 5.11 Å². The normalized spacial score (nSPS) is 18.9. The molecule has 7 heteroatoms. The highest BCUT2D eigenvalue weighted by Gasteiger charge is 2.29. The molecule has 2 aromatic heterocycles. The first-order valence-electron chi connectivity index (χ1n) is 10.1. The maximum absolute atomic E-state index is 9.21. The summed E-state index contributed by atoms with van der Waals surface area (Å²) < 4.78 is 0. The molecule has 1 aliphatic rings. The summed E-state index contributed by atoms with van der Waals surface area (Å²) in [6.45, 7) is 0.936. The van der Waals surface area contributed by atoms with Gasteiger partial charge in [0.25, 0.3) is 0 Å². The van der Waals surface area contributed by atoms with E-state index in [1.807, 2.05) is 30.3 Å². The van der Waals surface area contributed by atoms with Crippen LogP contribution in [0.3, 0.4) is 0 Å². The van der Waals surface area contributed by atoms with Gasteiger partial charge in [-0.1, -0.05) is 31.2 Å². The number of hydrogen-bond donors (Lipinski definition) is 2. The first-order chi connectivity index (χ1) is 14.2. The number of halogens is 1. The molecule has 0 spiro atoms. The summed E-state index contributed by atoms with van der Waals surface area (Å²) in [6.07, 6.45) is 7.74. The summed E-state index contributed by atoms with van der Waals surface area (Å²) in [6, 6.07) is 10.2. The Balaban J connectivity index is 0.00000256. The molecule has 1 saturated carbocycles. The second kappa shape index (κ2) is 10.2. The van der Waals surface area contributed by atoms with Gasteiger partial charge >= 0.3 is 0 Å². The Morgan fingerprint density at radius 1 is 1.13 bits per heavy atom. The summed E-state index contributed by atoms with van der Waals surface area (Å²) in [5.74, 6) is 0.410. The lowest BCUT2D eigenvalue weighted by Gasteiger charge is -2.34. The third-order valence-corrected chi connectivity index (χ3v) is 6.18. The number of hydrogen-bond acceptors (Lipinski definition) is 5. The molecule has 1 fully saturated rings. The van der Waals surface area contributed by atoms with Crippen LogP contribution in [0.2, 0.25) is 5.02 Å². The van der Waals surface area contributed by atoms with Crippen LogP contribution in [0.4, 0.5) is 0 Å². The first-order valence-corrected chi connectivity index (χ1v) is 10.5. The van der Waals surface area contributed by atoms with E-state index in [4.69, 9.17) is 11.6 Å². The number of aliphatic hydroxyl groups excluding tert-OH is 1. The van der Waals surface area contributed by atoms with Crippen LogP contribution in [-0.2, 0) is 0 Å². The van der Waals surface area contributed by atoms with E-state index in [0.717, 1.165) is 60.4 Å². The molecule has 6 nitrogen and oxygen atoms in total. The molecular weight excluding hydrogens is 398 g/mol. The number of aliphatic hydroxyl groups is 1. The number of H-pyrrole nitrogens is 1. The van der Waals surface area contributed by atoms with E-state index in [0.29, 0.717) is 17.0 Å². The fourth-order valence-electron chi connectivity index (χ4n) is 4.31. The van der Waals surface area contributed by atoms with Gasteiger partial charge in [-0.25, -0.2) is 9.97 Å². The maximum Gasteiger partial charge on any atom is 0.116 e. The Morgan fingerprint density at radius 3 is 2.50 bits per heavy atom. The SMILES string of the molecule is C.CN(CCO)C1CCC(c2[nH]nc(-c3ccc(Cl)cc3)c2-c2ccncn2)CC1. The zero-order chi connectivity index (χ0) is 20.2. The minimum Gasteiger partial charge on any atom is -0.395 e. The van der Waals surface area contributed by atoms with Crippen molar-refractivity contribution >= 4 is 11.6 Å². The molecule has 0 saturated heterocycles. The van der Waals surface area contributed by atoms with Gasteiger partial charge in [-0.3, -0.25) is 5.10 Å². The summed E-state index contributed by atoms with van der Waals surface area (Å²) in [4.78, 5) is 10.9. The number of aromatic amines is 1. The average Bonchev–Trinajstić information content (AvgIpc) is 3.20. The standard InChI is InChI=1S/C22H26ClN5O.CH4/c1-28(12-13-29)18-8-4-16(5-9-18)22-20(19-10-11-24-14-25-19)21(26-27-22)15-2-6-17(23)7-3-15;/h2-3,6-7,10-11,14,16,18,29H,4-5,8-9,12-13H2,1H3,(H,26,27);1H4. The lowest BCUT2D eigenvalue weighted by molar-refractivity contribution is 0.146. The van der Waals surface area contributed by atoms with Crippen LogP contribution in [0.5, 0.6) is 0 Å². The van der Waals surface area contributed by atoms with Gasteiger partial charge in [-0.2, -0.15) is 5.10 Å².